The number of carbonyl (C=O) groups is 1. The second-order valence-electron chi connectivity index (χ2n) is 5.67. The quantitative estimate of drug-likeness (QED) is 0.369. The van der Waals surface area contributed by atoms with Gasteiger partial charge in [-0.05, 0) is 30.7 Å². The smallest absolute Gasteiger partial charge is 0.270 e. The molecular weight excluding hydrogens is 384 g/mol. The minimum absolute atomic E-state index is 0.110. The number of benzene rings is 2. The van der Waals surface area contributed by atoms with Crippen molar-refractivity contribution in [2.45, 2.75) is 13.0 Å². The highest BCUT2D eigenvalue weighted by Crippen LogP contribution is 2.29. The number of amides is 1. The van der Waals surface area contributed by atoms with Gasteiger partial charge >= 0.3 is 0 Å². The molecule has 0 saturated carbocycles. The topological polar surface area (TPSA) is 88.0 Å². The first-order valence-electron chi connectivity index (χ1n) is 7.48. The highest BCUT2D eigenvalue weighted by atomic mass is 35.5. The molecule has 2 N–H and O–H groups in total. The number of nitrogens with one attached hydrogen (secondary N) is 2. The Labute approximate surface area is 157 Å². The number of aromatic amines is 1. The van der Waals surface area contributed by atoms with Crippen molar-refractivity contribution in [3.63, 3.8) is 0 Å². The van der Waals surface area contributed by atoms with Gasteiger partial charge in [-0.2, -0.15) is 0 Å². The summed E-state index contributed by atoms with van der Waals surface area (Å²) >= 11 is 11.7. The Morgan fingerprint density at radius 1 is 1.27 bits per heavy atom. The maximum Gasteiger partial charge on any atom is 0.270 e. The fourth-order valence-corrected chi connectivity index (χ4v) is 3.18. The van der Waals surface area contributed by atoms with Crippen LogP contribution in [0.25, 0.3) is 10.9 Å². The van der Waals surface area contributed by atoms with E-state index in [1.807, 2.05) is 0 Å². The first kappa shape index (κ1) is 18.2. The van der Waals surface area contributed by atoms with E-state index in [9.17, 15) is 19.3 Å². The van der Waals surface area contributed by atoms with E-state index in [4.69, 9.17) is 23.2 Å². The molecule has 9 heteroatoms. The van der Waals surface area contributed by atoms with Crippen LogP contribution in [-0.4, -0.2) is 15.8 Å². The van der Waals surface area contributed by atoms with Crippen LogP contribution >= 0.6 is 23.2 Å². The predicted octanol–water partition coefficient (Wildman–Crippen LogP) is 5.01. The molecule has 1 amide bonds. The molecule has 3 rings (SSSR count). The van der Waals surface area contributed by atoms with Crippen molar-refractivity contribution in [1.29, 1.82) is 0 Å². The van der Waals surface area contributed by atoms with Crippen LogP contribution in [0, 0.1) is 15.9 Å². The number of fused-ring (bicyclic) bond motifs is 1. The minimum atomic E-state index is -0.644. The number of hydrogen-bond donors (Lipinski definition) is 2. The lowest BCUT2D eigenvalue weighted by Crippen LogP contribution is -2.26. The second kappa shape index (κ2) is 6.93. The zero-order chi connectivity index (χ0) is 19.0. The van der Waals surface area contributed by atoms with E-state index in [0.29, 0.717) is 16.5 Å². The number of carbonyl (C=O) groups excluding carboxylic acids is 1. The van der Waals surface area contributed by atoms with Gasteiger partial charge in [-0.3, -0.25) is 14.9 Å². The molecule has 0 aliphatic heterocycles. The van der Waals surface area contributed by atoms with Crippen molar-refractivity contribution in [3.8, 4) is 0 Å². The first-order valence-corrected chi connectivity index (χ1v) is 8.24. The Bertz CT molecular complexity index is 1040. The van der Waals surface area contributed by atoms with Gasteiger partial charge < -0.3 is 10.3 Å². The standard InChI is InChI=1S/C17H12Cl2FN3O3/c1-8(10-5-15(20)14(19)6-13(10)18)22-17(24)12-7-21-16-3-2-9(23(25)26)4-11(12)16/h2-8,21H,1H3,(H,22,24). The molecule has 0 fully saturated rings. The van der Waals surface area contributed by atoms with Crippen LogP contribution in [0.4, 0.5) is 10.1 Å². The van der Waals surface area contributed by atoms with Gasteiger partial charge in [0, 0.05) is 34.3 Å². The zero-order valence-corrected chi connectivity index (χ0v) is 14.9. The summed E-state index contributed by atoms with van der Waals surface area (Å²) in [6, 6.07) is 6.02. The number of H-pyrrole nitrogens is 1. The third-order valence-electron chi connectivity index (χ3n) is 3.97. The normalized spacial score (nSPS) is 12.2. The molecule has 1 unspecified atom stereocenters. The minimum Gasteiger partial charge on any atom is -0.360 e. The van der Waals surface area contributed by atoms with E-state index >= 15 is 0 Å². The maximum atomic E-state index is 13.7. The largest absolute Gasteiger partial charge is 0.360 e. The monoisotopic (exact) mass is 395 g/mol. The molecule has 26 heavy (non-hydrogen) atoms. The van der Waals surface area contributed by atoms with Crippen molar-refractivity contribution in [3.05, 3.63) is 73.6 Å². The fourth-order valence-electron chi connectivity index (χ4n) is 2.63. The molecule has 0 aliphatic rings. The summed E-state index contributed by atoms with van der Waals surface area (Å²) in [6.45, 7) is 1.64. The third kappa shape index (κ3) is 3.36. The number of halogens is 3. The van der Waals surface area contributed by atoms with Gasteiger partial charge in [0.1, 0.15) is 5.82 Å². The summed E-state index contributed by atoms with van der Waals surface area (Å²) in [7, 11) is 0. The molecule has 3 aromatic rings. The summed E-state index contributed by atoms with van der Waals surface area (Å²) in [5, 5.41) is 14.2. The highest BCUT2D eigenvalue weighted by molar-refractivity contribution is 6.35. The van der Waals surface area contributed by atoms with Crippen molar-refractivity contribution in [2.24, 2.45) is 0 Å². The fraction of sp³-hybridized carbons (Fsp3) is 0.118. The van der Waals surface area contributed by atoms with Crippen LogP contribution in [0.1, 0.15) is 28.9 Å². The number of non-ortho nitro benzene ring substituents is 1. The Hall–Kier alpha value is -2.64. The Kier molecular flexibility index (Phi) is 4.84. The van der Waals surface area contributed by atoms with Crippen LogP contribution in [0.2, 0.25) is 10.0 Å². The second-order valence-corrected chi connectivity index (χ2v) is 6.49. The van der Waals surface area contributed by atoms with E-state index < -0.39 is 22.7 Å². The lowest BCUT2D eigenvalue weighted by atomic mass is 10.1. The van der Waals surface area contributed by atoms with Gasteiger partial charge in [-0.1, -0.05) is 23.2 Å². The van der Waals surface area contributed by atoms with Crippen molar-refractivity contribution >= 4 is 45.7 Å². The number of nitrogens with zero attached hydrogens (tertiary/aromatic N) is 1. The average molecular weight is 396 g/mol. The van der Waals surface area contributed by atoms with Gasteiger partial charge in [-0.15, -0.1) is 0 Å². The average Bonchev–Trinajstić information content (AvgIpc) is 3.01. The summed E-state index contributed by atoms with van der Waals surface area (Å²) in [5.41, 5.74) is 1.07. The molecule has 0 radical (unpaired) electrons. The number of hydrogen-bond acceptors (Lipinski definition) is 3. The van der Waals surface area contributed by atoms with Gasteiger partial charge in [0.2, 0.25) is 0 Å². The van der Waals surface area contributed by atoms with Crippen LogP contribution in [0.15, 0.2) is 36.5 Å². The van der Waals surface area contributed by atoms with E-state index in [2.05, 4.69) is 10.3 Å². The van der Waals surface area contributed by atoms with Gasteiger partial charge in [-0.25, -0.2) is 4.39 Å². The molecule has 134 valence electrons. The van der Waals surface area contributed by atoms with Gasteiger partial charge in [0.05, 0.1) is 21.6 Å². The first-order chi connectivity index (χ1) is 12.3. The summed E-state index contributed by atoms with van der Waals surface area (Å²) < 4.78 is 13.7. The molecule has 6 nitrogen and oxygen atoms in total. The number of nitro benzene ring substituents is 1. The van der Waals surface area contributed by atoms with Crippen molar-refractivity contribution in [2.75, 3.05) is 0 Å². The number of rotatable bonds is 4. The molecular formula is C17H12Cl2FN3O3. The molecule has 0 aliphatic carbocycles. The molecule has 0 spiro atoms. The molecule has 1 heterocycles. The third-order valence-corrected chi connectivity index (χ3v) is 4.59. The van der Waals surface area contributed by atoms with Crippen LogP contribution in [0.5, 0.6) is 0 Å². The highest BCUT2D eigenvalue weighted by Gasteiger charge is 2.19. The Balaban J connectivity index is 1.90. The molecule has 1 atom stereocenters. The zero-order valence-electron chi connectivity index (χ0n) is 13.3. The SMILES string of the molecule is CC(NC(=O)c1c[nH]c2ccc([N+](=O)[O-])cc12)c1cc(F)c(Cl)cc1Cl. The maximum absolute atomic E-state index is 13.7. The molecule has 2 aromatic carbocycles. The van der Waals surface area contributed by atoms with Gasteiger partial charge in [0.15, 0.2) is 0 Å². The van der Waals surface area contributed by atoms with E-state index in [0.717, 1.165) is 6.07 Å². The van der Waals surface area contributed by atoms with Gasteiger partial charge in [0.25, 0.3) is 11.6 Å². The lowest BCUT2D eigenvalue weighted by molar-refractivity contribution is -0.384. The van der Waals surface area contributed by atoms with Crippen LogP contribution in [-0.2, 0) is 0 Å². The number of nitro groups is 1. The summed E-state index contributed by atoms with van der Waals surface area (Å²) in [5.74, 6) is -1.12. The molecule has 1 aromatic heterocycles. The summed E-state index contributed by atoms with van der Waals surface area (Å²) in [4.78, 5) is 25.9. The number of aromatic nitrogens is 1. The predicted molar refractivity (Wildman–Crippen MR) is 97.3 cm³/mol. The lowest BCUT2D eigenvalue weighted by Gasteiger charge is -2.16. The van der Waals surface area contributed by atoms with Crippen molar-refractivity contribution in [1.82, 2.24) is 10.3 Å². The summed E-state index contributed by atoms with van der Waals surface area (Å²) in [6.07, 6.45) is 1.46. The van der Waals surface area contributed by atoms with E-state index in [-0.39, 0.29) is 21.3 Å². The Morgan fingerprint density at radius 3 is 2.69 bits per heavy atom. The molecule has 0 saturated heterocycles. The Morgan fingerprint density at radius 2 is 2.00 bits per heavy atom. The van der Waals surface area contributed by atoms with Crippen molar-refractivity contribution < 1.29 is 14.1 Å². The van der Waals surface area contributed by atoms with Crippen LogP contribution < -0.4 is 5.32 Å². The van der Waals surface area contributed by atoms with E-state index in [1.165, 1.54) is 30.5 Å². The van der Waals surface area contributed by atoms with E-state index in [1.54, 1.807) is 6.92 Å². The van der Waals surface area contributed by atoms with Crippen LogP contribution in [0.3, 0.4) is 0 Å². The molecule has 0 bridgehead atoms.